The van der Waals surface area contributed by atoms with Crippen LogP contribution in [-0.2, 0) is 24.9 Å². The lowest BCUT2D eigenvalue weighted by atomic mass is 9.92. The fraction of sp³-hybridized carbons (Fsp3) is 0.235. The second-order valence-corrected chi connectivity index (χ2v) is 13.6. The van der Waals surface area contributed by atoms with Crippen molar-refractivity contribution in [1.82, 2.24) is 29.9 Å². The number of aromatic hydroxyl groups is 1. The molecule has 1 aliphatic heterocycles. The maximum absolute atomic E-state index is 13.2. The Morgan fingerprint density at radius 2 is 1.87 bits per heavy atom. The number of halogens is 1. The molecule has 0 saturated carbocycles. The molecule has 12 heteroatoms. The molecule has 0 fully saturated rings. The first-order valence-electron chi connectivity index (χ1n) is 14.9. The number of amides is 2. The summed E-state index contributed by atoms with van der Waals surface area (Å²) in [7, 11) is 0. The molecule has 2 amide bonds. The summed E-state index contributed by atoms with van der Waals surface area (Å²) in [5.41, 5.74) is 9.91. The number of anilines is 1. The van der Waals surface area contributed by atoms with E-state index in [4.69, 9.17) is 22.4 Å². The molecule has 0 aliphatic carbocycles. The van der Waals surface area contributed by atoms with Crippen LogP contribution in [-0.4, -0.2) is 35.7 Å². The third-order valence-electron chi connectivity index (χ3n) is 7.59. The Labute approximate surface area is 276 Å². The molecule has 0 radical (unpaired) electrons. The van der Waals surface area contributed by atoms with Crippen molar-refractivity contribution in [3.63, 3.8) is 0 Å². The number of carbonyl (C=O) groups is 1. The lowest BCUT2D eigenvalue weighted by Gasteiger charge is -2.17. The lowest BCUT2D eigenvalue weighted by Crippen LogP contribution is -2.29. The van der Waals surface area contributed by atoms with Gasteiger partial charge >= 0.3 is 6.03 Å². The molecule has 0 bridgehead atoms. The molecule has 6 rings (SSSR count). The Kier molecular flexibility index (Phi) is 8.90. The van der Waals surface area contributed by atoms with E-state index in [0.717, 1.165) is 44.6 Å². The number of urea groups is 1. The average Bonchev–Trinajstić information content (AvgIpc) is 3.66. The molecule has 1 aliphatic rings. The molecule has 0 unspecified atom stereocenters. The maximum atomic E-state index is 13.2. The van der Waals surface area contributed by atoms with Crippen molar-refractivity contribution in [2.75, 3.05) is 5.32 Å². The Morgan fingerprint density at radius 3 is 2.67 bits per heavy atom. The van der Waals surface area contributed by atoms with Crippen LogP contribution in [0.4, 0.5) is 10.6 Å². The molecule has 2 aromatic heterocycles. The molecule has 0 saturated heterocycles. The predicted molar refractivity (Wildman–Crippen MR) is 183 cm³/mol. The van der Waals surface area contributed by atoms with Crippen molar-refractivity contribution in [3.8, 4) is 22.8 Å². The Bertz CT molecular complexity index is 1940. The van der Waals surface area contributed by atoms with Crippen LogP contribution in [0, 0.1) is 0 Å². The maximum Gasteiger partial charge on any atom is 0.320 e. The van der Waals surface area contributed by atoms with Gasteiger partial charge in [0.15, 0.2) is 5.82 Å². The van der Waals surface area contributed by atoms with Crippen LogP contribution >= 0.6 is 23.4 Å². The minimum Gasteiger partial charge on any atom is -0.508 e. The number of nitrogens with zero attached hydrogens (tertiary/aromatic N) is 5. The third-order valence-corrected chi connectivity index (χ3v) is 9.11. The number of allylic oxidation sites excluding steroid dienone is 1. The molecular weight excluding hydrogens is 620 g/mol. The molecular formula is C34H35ClN8O2S. The smallest absolute Gasteiger partial charge is 0.320 e. The zero-order valence-electron chi connectivity index (χ0n) is 25.8. The van der Waals surface area contributed by atoms with Gasteiger partial charge in [0.1, 0.15) is 17.4 Å². The van der Waals surface area contributed by atoms with E-state index in [1.165, 1.54) is 0 Å². The summed E-state index contributed by atoms with van der Waals surface area (Å²) in [5, 5.41) is 30.1. The second-order valence-electron chi connectivity index (χ2n) is 12.0. The van der Waals surface area contributed by atoms with Gasteiger partial charge in [-0.3, -0.25) is 9.88 Å². The number of phenols is 1. The van der Waals surface area contributed by atoms with E-state index in [1.54, 1.807) is 34.6 Å². The summed E-state index contributed by atoms with van der Waals surface area (Å²) in [5.74, 6) is 2.08. The molecule has 46 heavy (non-hydrogen) atoms. The van der Waals surface area contributed by atoms with Gasteiger partial charge < -0.3 is 16.2 Å². The van der Waals surface area contributed by atoms with Crippen LogP contribution in [0.25, 0.3) is 23.3 Å². The number of rotatable bonds is 8. The zero-order valence-corrected chi connectivity index (χ0v) is 27.4. The van der Waals surface area contributed by atoms with E-state index >= 15 is 0 Å². The van der Waals surface area contributed by atoms with Gasteiger partial charge in [-0.05, 0) is 53.9 Å². The minimum atomic E-state index is -0.338. The second kappa shape index (κ2) is 13.0. The van der Waals surface area contributed by atoms with Crippen molar-refractivity contribution in [2.24, 2.45) is 5.73 Å². The lowest BCUT2D eigenvalue weighted by molar-refractivity contribution is 0.251. The number of hydrogen-bond donors (Lipinski definition) is 4. The zero-order chi connectivity index (χ0) is 32.4. The van der Waals surface area contributed by atoms with Crippen LogP contribution in [0.15, 0.2) is 82.6 Å². The van der Waals surface area contributed by atoms with Crippen LogP contribution < -0.4 is 16.4 Å². The van der Waals surface area contributed by atoms with E-state index in [-0.39, 0.29) is 17.2 Å². The molecule has 236 valence electrons. The van der Waals surface area contributed by atoms with Gasteiger partial charge in [-0.2, -0.15) is 5.10 Å². The summed E-state index contributed by atoms with van der Waals surface area (Å²) < 4.78 is 3.68. The minimum absolute atomic E-state index is 0.108. The molecule has 5 N–H and O–H groups in total. The van der Waals surface area contributed by atoms with Gasteiger partial charge in [-0.1, -0.05) is 74.5 Å². The van der Waals surface area contributed by atoms with Gasteiger partial charge in [0, 0.05) is 52.6 Å². The van der Waals surface area contributed by atoms with Crippen molar-refractivity contribution in [2.45, 2.75) is 57.0 Å². The monoisotopic (exact) mass is 654 g/mol. The van der Waals surface area contributed by atoms with Crippen LogP contribution in [0.3, 0.4) is 0 Å². The van der Waals surface area contributed by atoms with Crippen LogP contribution in [0.5, 0.6) is 5.75 Å². The van der Waals surface area contributed by atoms with Crippen molar-refractivity contribution in [1.29, 1.82) is 0 Å². The number of hydrogen-bond acceptors (Lipinski definition) is 7. The number of nitrogens with one attached hydrogen (secondary N) is 2. The number of aryl methyl sites for hydroxylation is 1. The Balaban J connectivity index is 1.18. The number of phenolic OH excluding ortho intramolecular Hbond substituents is 1. The number of carbonyl (C=O) groups excluding carboxylic acids is 1. The molecule has 3 heterocycles. The van der Waals surface area contributed by atoms with Crippen molar-refractivity contribution >= 4 is 41.4 Å². The molecule has 10 nitrogen and oxygen atoms in total. The largest absolute Gasteiger partial charge is 0.508 e. The molecule has 5 aromatic rings. The summed E-state index contributed by atoms with van der Waals surface area (Å²) in [6.07, 6.45) is 3.53. The van der Waals surface area contributed by atoms with Crippen molar-refractivity contribution in [3.05, 3.63) is 105 Å². The van der Waals surface area contributed by atoms with E-state index in [0.29, 0.717) is 41.7 Å². The Morgan fingerprint density at radius 1 is 1.04 bits per heavy atom. The van der Waals surface area contributed by atoms with Gasteiger partial charge in [0.2, 0.25) is 0 Å². The average molecular weight is 655 g/mol. The normalized spacial score (nSPS) is 12.8. The summed E-state index contributed by atoms with van der Waals surface area (Å²) >= 11 is 8.08. The van der Waals surface area contributed by atoms with Crippen LogP contribution in [0.1, 0.15) is 49.8 Å². The topological polar surface area (TPSA) is 136 Å². The quantitative estimate of drug-likeness (QED) is 0.140. The highest BCUT2D eigenvalue weighted by molar-refractivity contribution is 8.03. The Hall–Kier alpha value is -4.58. The fourth-order valence-corrected chi connectivity index (χ4v) is 6.36. The molecule has 0 atom stereocenters. The van der Waals surface area contributed by atoms with Gasteiger partial charge in [-0.15, -0.1) is 10.2 Å². The number of nitrogens with two attached hydrogens (primary N) is 1. The molecule has 3 aromatic carbocycles. The third kappa shape index (κ3) is 6.81. The highest BCUT2D eigenvalue weighted by atomic mass is 35.5. The van der Waals surface area contributed by atoms with Crippen molar-refractivity contribution < 1.29 is 9.90 Å². The standard InChI is InChI=1S/C34H35ClN8O2S/c1-34(2,3)29-17-31(43(41-29)23-9-6-7-21(15-23)18-36)38-33(45)37-19-22-8-4-5-10-28(22)46-25-12-14-30-39-40-32(42(30)20-25)26-16-24(44)11-13-27(26)35/h4-11,13,15-17,20,44H,12,14,18-19,36H2,1-3H3,(H2,37,38,45). The van der Waals surface area contributed by atoms with E-state index in [2.05, 4.69) is 41.6 Å². The van der Waals surface area contributed by atoms with Crippen LogP contribution in [0.2, 0.25) is 5.02 Å². The van der Waals surface area contributed by atoms with E-state index in [1.807, 2.05) is 65.4 Å². The fourth-order valence-electron chi connectivity index (χ4n) is 5.09. The van der Waals surface area contributed by atoms with Gasteiger partial charge in [0.05, 0.1) is 16.4 Å². The highest BCUT2D eigenvalue weighted by Crippen LogP contribution is 2.38. The van der Waals surface area contributed by atoms with E-state index < -0.39 is 0 Å². The number of benzene rings is 3. The number of fused-ring (bicyclic) bond motifs is 1. The number of thioether (sulfide) groups is 1. The summed E-state index contributed by atoms with van der Waals surface area (Å²) in [4.78, 5) is 15.4. The van der Waals surface area contributed by atoms with E-state index in [9.17, 15) is 9.90 Å². The summed E-state index contributed by atoms with van der Waals surface area (Å²) in [6.45, 7) is 6.99. The first kappa shape index (κ1) is 31.4. The highest BCUT2D eigenvalue weighted by Gasteiger charge is 2.23. The predicted octanol–water partition coefficient (Wildman–Crippen LogP) is 7.10. The SMILES string of the molecule is CC(C)(C)c1cc(NC(=O)NCc2ccccc2SC2=Cn3c(nnc3-c3cc(O)ccc3Cl)CC2)n(-c2cccc(CN)c2)n1. The van der Waals surface area contributed by atoms with Gasteiger partial charge in [0.25, 0.3) is 0 Å². The van der Waals surface area contributed by atoms with Gasteiger partial charge in [-0.25, -0.2) is 9.48 Å². The first-order chi connectivity index (χ1) is 22.1. The number of aromatic nitrogens is 5. The summed E-state index contributed by atoms with van der Waals surface area (Å²) in [6, 6.07) is 22.2. The first-order valence-corrected chi connectivity index (χ1v) is 16.1. The molecule has 0 spiro atoms.